The predicted molar refractivity (Wildman–Crippen MR) is 97.7 cm³/mol. The number of hydrogen-bond acceptors (Lipinski definition) is 5. The van der Waals surface area contributed by atoms with Crippen LogP contribution >= 0.6 is 11.8 Å². The van der Waals surface area contributed by atoms with E-state index in [1.165, 1.54) is 11.8 Å². The normalized spacial score (nSPS) is 11.8. The molecule has 7 heteroatoms. The van der Waals surface area contributed by atoms with Gasteiger partial charge in [0.05, 0.1) is 7.11 Å². The smallest absolute Gasteiger partial charge is 0.242 e. The summed E-state index contributed by atoms with van der Waals surface area (Å²) in [4.78, 5) is 12.9. The fourth-order valence-electron chi connectivity index (χ4n) is 2.29. The summed E-state index contributed by atoms with van der Waals surface area (Å²) in [6.45, 7) is 0. The molecular formula is C18H18N4O2S. The van der Waals surface area contributed by atoms with Gasteiger partial charge in [0.25, 0.3) is 0 Å². The molecule has 0 aliphatic rings. The number of hydrogen-bond donors (Lipinski definition) is 1. The molecule has 1 N–H and O–H groups in total. The van der Waals surface area contributed by atoms with Crippen molar-refractivity contribution < 1.29 is 9.53 Å². The number of ether oxygens (including phenoxy) is 1. The van der Waals surface area contributed by atoms with E-state index in [9.17, 15) is 4.79 Å². The van der Waals surface area contributed by atoms with Crippen molar-refractivity contribution in [3.8, 4) is 5.75 Å². The summed E-state index contributed by atoms with van der Waals surface area (Å²) < 4.78 is 7.00. The Balaban J connectivity index is 1.85. The van der Waals surface area contributed by atoms with Gasteiger partial charge in [-0.1, -0.05) is 48.2 Å². The van der Waals surface area contributed by atoms with Crippen LogP contribution in [0.4, 0.5) is 5.69 Å². The molecule has 0 saturated carbocycles. The van der Waals surface area contributed by atoms with Gasteiger partial charge in [-0.05, 0) is 17.7 Å². The number of nitrogens with one attached hydrogen (secondary N) is 1. The summed E-state index contributed by atoms with van der Waals surface area (Å²) >= 11 is 1.36. The van der Waals surface area contributed by atoms with Crippen LogP contribution < -0.4 is 10.1 Å². The molecule has 25 heavy (non-hydrogen) atoms. The van der Waals surface area contributed by atoms with Gasteiger partial charge in [-0.15, -0.1) is 10.2 Å². The van der Waals surface area contributed by atoms with E-state index in [-0.39, 0.29) is 5.91 Å². The van der Waals surface area contributed by atoms with Crippen molar-refractivity contribution in [2.45, 2.75) is 10.4 Å². The molecule has 3 rings (SSSR count). The molecule has 1 heterocycles. The summed E-state index contributed by atoms with van der Waals surface area (Å²) in [7, 11) is 3.45. The van der Waals surface area contributed by atoms with Crippen LogP contribution in [0.3, 0.4) is 0 Å². The lowest BCUT2D eigenvalue weighted by atomic mass is 10.1. The minimum atomic E-state index is -0.449. The molecule has 0 saturated heterocycles. The van der Waals surface area contributed by atoms with E-state index >= 15 is 0 Å². The van der Waals surface area contributed by atoms with Crippen LogP contribution in [-0.4, -0.2) is 27.8 Å². The monoisotopic (exact) mass is 354 g/mol. The number of nitrogens with zero attached hydrogens (tertiary/aromatic N) is 3. The maximum Gasteiger partial charge on any atom is 0.242 e. The summed E-state index contributed by atoms with van der Waals surface area (Å²) in [6, 6.07) is 16.9. The molecule has 128 valence electrons. The Bertz CT molecular complexity index is 851. The first-order valence-corrected chi connectivity index (χ1v) is 8.56. The zero-order valence-corrected chi connectivity index (χ0v) is 14.7. The van der Waals surface area contributed by atoms with Crippen molar-refractivity contribution in [3.05, 3.63) is 66.5 Å². The van der Waals surface area contributed by atoms with E-state index in [2.05, 4.69) is 15.5 Å². The molecule has 0 aliphatic carbocycles. The van der Waals surface area contributed by atoms with E-state index in [1.807, 2.05) is 55.6 Å². The van der Waals surface area contributed by atoms with Gasteiger partial charge in [0.1, 0.15) is 17.3 Å². The van der Waals surface area contributed by atoms with Gasteiger partial charge in [-0.25, -0.2) is 0 Å². The highest BCUT2D eigenvalue weighted by Crippen LogP contribution is 2.35. The molecule has 0 spiro atoms. The van der Waals surface area contributed by atoms with Crippen LogP contribution in [0.25, 0.3) is 0 Å². The minimum absolute atomic E-state index is 0.132. The molecule has 2 aromatic carbocycles. The Morgan fingerprint density at radius 1 is 1.20 bits per heavy atom. The lowest BCUT2D eigenvalue weighted by Crippen LogP contribution is -2.19. The Kier molecular flexibility index (Phi) is 5.35. The van der Waals surface area contributed by atoms with Crippen LogP contribution in [0.15, 0.2) is 66.1 Å². The second-order valence-corrected chi connectivity index (χ2v) is 6.43. The van der Waals surface area contributed by atoms with Crippen molar-refractivity contribution in [3.63, 3.8) is 0 Å². The van der Waals surface area contributed by atoms with Crippen LogP contribution in [0, 0.1) is 0 Å². The van der Waals surface area contributed by atoms with Crippen molar-refractivity contribution in [2.75, 3.05) is 12.4 Å². The highest BCUT2D eigenvalue weighted by atomic mass is 32.2. The molecule has 1 aromatic heterocycles. The summed E-state index contributed by atoms with van der Waals surface area (Å²) in [5, 5.41) is 11.1. The average Bonchev–Trinajstić information content (AvgIpc) is 3.05. The fraction of sp³-hybridized carbons (Fsp3) is 0.167. The first-order chi connectivity index (χ1) is 12.2. The van der Waals surface area contributed by atoms with Crippen LogP contribution in [0.5, 0.6) is 5.75 Å². The second-order valence-electron chi connectivity index (χ2n) is 5.35. The lowest BCUT2D eigenvalue weighted by Gasteiger charge is -2.16. The van der Waals surface area contributed by atoms with Gasteiger partial charge in [0.2, 0.25) is 5.91 Å². The number of amides is 1. The van der Waals surface area contributed by atoms with Crippen LogP contribution in [0.1, 0.15) is 10.8 Å². The third-order valence-corrected chi connectivity index (χ3v) is 4.87. The first kappa shape index (κ1) is 17.0. The number of anilines is 1. The number of rotatable bonds is 6. The van der Waals surface area contributed by atoms with E-state index in [1.54, 1.807) is 24.1 Å². The highest BCUT2D eigenvalue weighted by molar-refractivity contribution is 8.00. The van der Waals surface area contributed by atoms with Gasteiger partial charge in [-0.3, -0.25) is 4.79 Å². The number of methoxy groups -OCH3 is 1. The molecule has 0 aliphatic heterocycles. The molecular weight excluding hydrogens is 336 g/mol. The number of carbonyl (C=O) groups is 1. The lowest BCUT2D eigenvalue weighted by molar-refractivity contribution is -0.115. The van der Waals surface area contributed by atoms with Crippen LogP contribution in [-0.2, 0) is 11.8 Å². The molecule has 1 atom stereocenters. The van der Waals surface area contributed by atoms with Crippen LogP contribution in [0.2, 0.25) is 0 Å². The summed E-state index contributed by atoms with van der Waals surface area (Å²) in [5.41, 5.74) is 1.58. The molecule has 0 radical (unpaired) electrons. The zero-order chi connectivity index (χ0) is 17.6. The molecule has 0 bridgehead atoms. The maximum atomic E-state index is 12.9. The van der Waals surface area contributed by atoms with Crippen molar-refractivity contribution >= 4 is 23.4 Å². The van der Waals surface area contributed by atoms with Gasteiger partial charge in [0.15, 0.2) is 5.16 Å². The molecule has 0 fully saturated rings. The number of benzene rings is 2. The standard InChI is InChI=1S/C18H18N4O2S/c1-22-12-19-21-18(22)25-16(13-7-4-3-5-8-13)17(23)20-14-9-6-10-15(11-14)24-2/h3-12,16H,1-2H3,(H,20,23)/t16-/m0/s1. The van der Waals surface area contributed by atoms with E-state index in [0.717, 1.165) is 5.56 Å². The summed E-state index contributed by atoms with van der Waals surface area (Å²) in [5.74, 6) is 0.558. The number of aromatic nitrogens is 3. The topological polar surface area (TPSA) is 69.0 Å². The highest BCUT2D eigenvalue weighted by Gasteiger charge is 2.24. The van der Waals surface area contributed by atoms with Crippen molar-refractivity contribution in [1.82, 2.24) is 14.8 Å². The maximum absolute atomic E-state index is 12.9. The van der Waals surface area contributed by atoms with Crippen molar-refractivity contribution in [2.24, 2.45) is 7.05 Å². The van der Waals surface area contributed by atoms with E-state index < -0.39 is 5.25 Å². The molecule has 1 amide bonds. The Morgan fingerprint density at radius 3 is 2.68 bits per heavy atom. The van der Waals surface area contributed by atoms with E-state index in [4.69, 9.17) is 4.74 Å². The molecule has 0 unspecified atom stereocenters. The Hall–Kier alpha value is -2.80. The van der Waals surface area contributed by atoms with Gasteiger partial charge in [-0.2, -0.15) is 0 Å². The van der Waals surface area contributed by atoms with E-state index in [0.29, 0.717) is 16.6 Å². The fourth-order valence-corrected chi connectivity index (χ4v) is 3.27. The average molecular weight is 354 g/mol. The number of aryl methyl sites for hydroxylation is 1. The quantitative estimate of drug-likeness (QED) is 0.688. The Labute approximate surface area is 150 Å². The second kappa shape index (κ2) is 7.85. The zero-order valence-electron chi connectivity index (χ0n) is 13.9. The van der Waals surface area contributed by atoms with Gasteiger partial charge < -0.3 is 14.6 Å². The SMILES string of the molecule is COc1cccc(NC(=O)[C@@H](Sc2nncn2C)c2ccccc2)c1. The largest absolute Gasteiger partial charge is 0.497 e. The van der Waals surface area contributed by atoms with Gasteiger partial charge >= 0.3 is 0 Å². The number of carbonyl (C=O) groups excluding carboxylic acids is 1. The minimum Gasteiger partial charge on any atom is -0.497 e. The third kappa shape index (κ3) is 4.19. The predicted octanol–water partition coefficient (Wildman–Crippen LogP) is 3.30. The Morgan fingerprint density at radius 2 is 2.00 bits per heavy atom. The third-order valence-electron chi connectivity index (χ3n) is 3.57. The summed E-state index contributed by atoms with van der Waals surface area (Å²) in [6.07, 6.45) is 1.62. The molecule has 3 aromatic rings. The van der Waals surface area contributed by atoms with Crippen molar-refractivity contribution in [1.29, 1.82) is 0 Å². The first-order valence-electron chi connectivity index (χ1n) is 7.68. The van der Waals surface area contributed by atoms with Gasteiger partial charge in [0, 0.05) is 18.8 Å². The molecule has 6 nitrogen and oxygen atoms in total. The number of thioether (sulfide) groups is 1.